The Balaban J connectivity index is 2.23. The molecule has 0 saturated heterocycles. The molecule has 4 heteroatoms. The van der Waals surface area contributed by atoms with Crippen LogP contribution in [0.4, 0.5) is 8.78 Å². The topological polar surface area (TPSA) is 12.0 Å². The maximum atomic E-state index is 13.8. The molecule has 1 atom stereocenters. The average Bonchev–Trinajstić information content (AvgIpc) is 2.81. The van der Waals surface area contributed by atoms with E-state index in [9.17, 15) is 8.78 Å². The monoisotopic (exact) mass is 267 g/mol. The van der Waals surface area contributed by atoms with Gasteiger partial charge in [-0.05, 0) is 41.4 Å². The van der Waals surface area contributed by atoms with E-state index < -0.39 is 11.6 Å². The van der Waals surface area contributed by atoms with E-state index >= 15 is 0 Å². The normalized spacial score (nSPS) is 12.6. The third-order valence-electron chi connectivity index (χ3n) is 2.81. The van der Waals surface area contributed by atoms with Gasteiger partial charge in [-0.1, -0.05) is 13.0 Å². The lowest BCUT2D eigenvalue weighted by Crippen LogP contribution is -2.23. The van der Waals surface area contributed by atoms with Crippen LogP contribution in [0.5, 0.6) is 0 Å². The van der Waals surface area contributed by atoms with E-state index in [1.807, 2.05) is 23.8 Å². The second-order valence-electron chi connectivity index (χ2n) is 4.11. The Kier molecular flexibility index (Phi) is 4.44. The van der Waals surface area contributed by atoms with Crippen molar-refractivity contribution in [3.8, 4) is 0 Å². The lowest BCUT2D eigenvalue weighted by atomic mass is 10.00. The summed E-state index contributed by atoms with van der Waals surface area (Å²) >= 11 is 1.62. The molecule has 1 N–H and O–H groups in total. The van der Waals surface area contributed by atoms with Gasteiger partial charge >= 0.3 is 0 Å². The summed E-state index contributed by atoms with van der Waals surface area (Å²) in [5.74, 6) is -1.03. The Bertz CT molecular complexity index is 497. The van der Waals surface area contributed by atoms with Gasteiger partial charge in [-0.15, -0.1) is 0 Å². The van der Waals surface area contributed by atoms with E-state index in [2.05, 4.69) is 5.32 Å². The van der Waals surface area contributed by atoms with Crippen molar-refractivity contribution in [1.29, 1.82) is 0 Å². The summed E-state index contributed by atoms with van der Waals surface area (Å²) in [6.45, 7) is 2.72. The van der Waals surface area contributed by atoms with Gasteiger partial charge in [-0.3, -0.25) is 0 Å². The zero-order valence-corrected chi connectivity index (χ0v) is 10.9. The smallest absolute Gasteiger partial charge is 0.130 e. The second kappa shape index (κ2) is 6.07. The maximum absolute atomic E-state index is 13.8. The van der Waals surface area contributed by atoms with E-state index in [0.29, 0.717) is 12.0 Å². The minimum atomic E-state index is -0.540. The van der Waals surface area contributed by atoms with Crippen LogP contribution in [-0.2, 0) is 6.42 Å². The zero-order valence-electron chi connectivity index (χ0n) is 10.1. The van der Waals surface area contributed by atoms with Gasteiger partial charge < -0.3 is 5.32 Å². The standard InChI is InChI=1S/C14H15F2NS/c1-2-17-14(7-10-5-6-18-9-10)12-4-3-11(15)8-13(12)16/h3-6,8-9,14,17H,2,7H2,1H3. The van der Waals surface area contributed by atoms with Crippen molar-refractivity contribution in [2.75, 3.05) is 6.54 Å². The van der Waals surface area contributed by atoms with Crippen molar-refractivity contribution < 1.29 is 8.78 Å². The zero-order chi connectivity index (χ0) is 13.0. The predicted octanol–water partition coefficient (Wildman–Crippen LogP) is 3.92. The Hall–Kier alpha value is -1.26. The highest BCUT2D eigenvalue weighted by atomic mass is 32.1. The molecule has 1 nitrogen and oxygen atoms in total. The highest BCUT2D eigenvalue weighted by Gasteiger charge is 2.16. The number of hydrogen-bond donors (Lipinski definition) is 1. The molecule has 2 aromatic rings. The van der Waals surface area contributed by atoms with Crippen LogP contribution in [0.1, 0.15) is 24.1 Å². The summed E-state index contributed by atoms with van der Waals surface area (Å²) < 4.78 is 26.7. The van der Waals surface area contributed by atoms with Gasteiger partial charge in [-0.2, -0.15) is 11.3 Å². The molecular weight excluding hydrogens is 252 g/mol. The number of benzene rings is 1. The van der Waals surface area contributed by atoms with Crippen molar-refractivity contribution in [3.63, 3.8) is 0 Å². The highest BCUT2D eigenvalue weighted by Crippen LogP contribution is 2.23. The molecule has 1 unspecified atom stereocenters. The summed E-state index contributed by atoms with van der Waals surface area (Å²) in [7, 11) is 0. The molecule has 0 amide bonds. The molecule has 0 aliphatic heterocycles. The molecule has 0 saturated carbocycles. The van der Waals surface area contributed by atoms with E-state index in [1.54, 1.807) is 11.3 Å². The lowest BCUT2D eigenvalue weighted by Gasteiger charge is -2.18. The Morgan fingerprint density at radius 3 is 2.72 bits per heavy atom. The number of rotatable bonds is 5. The molecule has 96 valence electrons. The number of likely N-dealkylation sites (N-methyl/N-ethyl adjacent to an activating group) is 1. The van der Waals surface area contributed by atoms with E-state index in [-0.39, 0.29) is 6.04 Å². The second-order valence-corrected chi connectivity index (χ2v) is 4.89. The largest absolute Gasteiger partial charge is 0.310 e. The molecule has 18 heavy (non-hydrogen) atoms. The maximum Gasteiger partial charge on any atom is 0.130 e. The molecule has 0 aliphatic rings. The van der Waals surface area contributed by atoms with Crippen LogP contribution >= 0.6 is 11.3 Å². The van der Waals surface area contributed by atoms with Crippen LogP contribution in [0.2, 0.25) is 0 Å². The van der Waals surface area contributed by atoms with Gasteiger partial charge in [-0.25, -0.2) is 8.78 Å². The van der Waals surface area contributed by atoms with Gasteiger partial charge in [0.15, 0.2) is 0 Å². The van der Waals surface area contributed by atoms with Crippen LogP contribution in [-0.4, -0.2) is 6.54 Å². The third kappa shape index (κ3) is 3.15. The van der Waals surface area contributed by atoms with Crippen LogP contribution in [0.25, 0.3) is 0 Å². The van der Waals surface area contributed by atoms with Gasteiger partial charge in [0.2, 0.25) is 0 Å². The fraction of sp³-hybridized carbons (Fsp3) is 0.286. The van der Waals surface area contributed by atoms with Gasteiger partial charge in [0.1, 0.15) is 11.6 Å². The predicted molar refractivity (Wildman–Crippen MR) is 70.8 cm³/mol. The fourth-order valence-corrected chi connectivity index (χ4v) is 2.65. The summed E-state index contributed by atoms with van der Waals surface area (Å²) in [5.41, 5.74) is 1.68. The molecular formula is C14H15F2NS. The van der Waals surface area contributed by atoms with Crippen LogP contribution in [0, 0.1) is 11.6 Å². The fourth-order valence-electron chi connectivity index (χ4n) is 1.97. The molecule has 0 aliphatic carbocycles. The molecule has 0 fully saturated rings. The van der Waals surface area contributed by atoms with Crippen LogP contribution in [0.15, 0.2) is 35.0 Å². The first-order valence-corrected chi connectivity index (χ1v) is 6.84. The molecule has 1 aromatic heterocycles. The van der Waals surface area contributed by atoms with Gasteiger partial charge in [0.25, 0.3) is 0 Å². The first kappa shape index (κ1) is 13.2. The number of thiophene rings is 1. The molecule has 1 aromatic carbocycles. The summed E-state index contributed by atoms with van der Waals surface area (Å²) in [4.78, 5) is 0. The molecule has 1 heterocycles. The Morgan fingerprint density at radius 1 is 1.28 bits per heavy atom. The lowest BCUT2D eigenvalue weighted by molar-refractivity contribution is 0.502. The van der Waals surface area contributed by atoms with Crippen molar-refractivity contribution >= 4 is 11.3 Å². The first-order chi connectivity index (χ1) is 8.70. The quantitative estimate of drug-likeness (QED) is 0.865. The summed E-state index contributed by atoms with van der Waals surface area (Å²) in [6.07, 6.45) is 0.708. The van der Waals surface area contributed by atoms with Gasteiger partial charge in [0, 0.05) is 17.7 Å². The first-order valence-electron chi connectivity index (χ1n) is 5.90. The Labute approximate surface area is 109 Å². The minimum Gasteiger partial charge on any atom is -0.310 e. The van der Waals surface area contributed by atoms with Crippen molar-refractivity contribution in [2.45, 2.75) is 19.4 Å². The third-order valence-corrected chi connectivity index (χ3v) is 3.54. The van der Waals surface area contributed by atoms with Crippen LogP contribution in [0.3, 0.4) is 0 Å². The average molecular weight is 267 g/mol. The summed E-state index contributed by atoms with van der Waals surface area (Å²) in [5, 5.41) is 7.29. The number of nitrogens with one attached hydrogen (secondary N) is 1. The van der Waals surface area contributed by atoms with Crippen molar-refractivity contribution in [2.24, 2.45) is 0 Å². The SMILES string of the molecule is CCNC(Cc1ccsc1)c1ccc(F)cc1F. The van der Waals surface area contributed by atoms with Crippen molar-refractivity contribution in [1.82, 2.24) is 5.32 Å². The number of hydrogen-bond acceptors (Lipinski definition) is 2. The molecule has 0 radical (unpaired) electrons. The molecule has 2 rings (SSSR count). The van der Waals surface area contributed by atoms with E-state index in [1.165, 1.54) is 12.1 Å². The molecule has 0 bridgehead atoms. The Morgan fingerprint density at radius 2 is 2.11 bits per heavy atom. The van der Waals surface area contributed by atoms with Crippen LogP contribution < -0.4 is 5.32 Å². The number of halogens is 2. The van der Waals surface area contributed by atoms with E-state index in [0.717, 1.165) is 18.2 Å². The molecule has 0 spiro atoms. The minimum absolute atomic E-state index is 0.120. The van der Waals surface area contributed by atoms with E-state index in [4.69, 9.17) is 0 Å². The summed E-state index contributed by atoms with van der Waals surface area (Å²) in [6, 6.07) is 5.66. The highest BCUT2D eigenvalue weighted by molar-refractivity contribution is 7.07. The van der Waals surface area contributed by atoms with Crippen molar-refractivity contribution in [3.05, 3.63) is 57.8 Å². The van der Waals surface area contributed by atoms with Gasteiger partial charge in [0.05, 0.1) is 0 Å².